The van der Waals surface area contributed by atoms with Crippen LogP contribution in [0.4, 0.5) is 23.3 Å². The highest BCUT2D eigenvalue weighted by Gasteiger charge is 2.24. The zero-order valence-corrected chi connectivity index (χ0v) is 19.0. The fraction of sp³-hybridized carbons (Fsp3) is 0.333. The molecule has 33 heavy (non-hydrogen) atoms. The molecule has 0 bridgehead atoms. The van der Waals surface area contributed by atoms with Crippen molar-refractivity contribution in [3.05, 3.63) is 54.4 Å². The molecule has 1 aliphatic rings. The van der Waals surface area contributed by atoms with Crippen LogP contribution >= 0.6 is 0 Å². The van der Waals surface area contributed by atoms with Gasteiger partial charge in [-0.2, -0.15) is 4.98 Å². The lowest BCUT2D eigenvalue weighted by Crippen LogP contribution is -2.42. The summed E-state index contributed by atoms with van der Waals surface area (Å²) < 4.78 is 11.7. The molecule has 0 radical (unpaired) electrons. The van der Waals surface area contributed by atoms with Crippen LogP contribution in [0.1, 0.15) is 25.3 Å². The predicted molar refractivity (Wildman–Crippen MR) is 127 cm³/mol. The first-order valence-electron chi connectivity index (χ1n) is 10.9. The van der Waals surface area contributed by atoms with Crippen LogP contribution in [0.3, 0.4) is 0 Å². The lowest BCUT2D eigenvalue weighted by molar-refractivity contribution is -0.114. The summed E-state index contributed by atoms with van der Waals surface area (Å²) in [6.45, 7) is 5.00. The van der Waals surface area contributed by atoms with E-state index in [0.29, 0.717) is 24.1 Å². The fourth-order valence-corrected chi connectivity index (χ4v) is 3.78. The van der Waals surface area contributed by atoms with Crippen molar-refractivity contribution in [3.63, 3.8) is 0 Å². The predicted octanol–water partition coefficient (Wildman–Crippen LogP) is 3.94. The number of rotatable bonds is 7. The molecule has 1 atom stereocenters. The van der Waals surface area contributed by atoms with E-state index in [1.807, 2.05) is 49.4 Å². The number of nitrogens with one attached hydrogen (secondary N) is 2. The van der Waals surface area contributed by atoms with Gasteiger partial charge in [-0.05, 0) is 55.7 Å². The van der Waals surface area contributed by atoms with Gasteiger partial charge in [0.2, 0.25) is 17.8 Å². The maximum Gasteiger partial charge on any atom is 0.231 e. The van der Waals surface area contributed by atoms with Crippen molar-refractivity contribution in [3.8, 4) is 11.5 Å². The summed E-state index contributed by atoms with van der Waals surface area (Å²) in [6, 6.07) is 13.3. The third-order valence-electron chi connectivity index (χ3n) is 5.27. The molecule has 2 aromatic carbocycles. The van der Waals surface area contributed by atoms with E-state index in [9.17, 15) is 4.79 Å². The molecule has 0 unspecified atom stereocenters. The van der Waals surface area contributed by atoms with E-state index < -0.39 is 0 Å². The summed E-state index contributed by atoms with van der Waals surface area (Å²) >= 11 is 0. The first-order valence-corrected chi connectivity index (χ1v) is 10.9. The Bertz CT molecular complexity index is 1120. The van der Waals surface area contributed by atoms with E-state index in [-0.39, 0.29) is 12.0 Å². The van der Waals surface area contributed by atoms with E-state index in [2.05, 4.69) is 30.5 Å². The Balaban J connectivity index is 1.44. The van der Waals surface area contributed by atoms with E-state index in [4.69, 9.17) is 9.47 Å². The summed E-state index contributed by atoms with van der Waals surface area (Å²) in [5.74, 6) is 2.38. The van der Waals surface area contributed by atoms with Crippen molar-refractivity contribution < 1.29 is 14.3 Å². The highest BCUT2D eigenvalue weighted by molar-refractivity contribution is 5.89. The standard InChI is InChI=1S/C24H28N6O3/c1-16-9-10-21(22(12-16)32-3)33-20-8-5-11-30(14-20)24-26-15-25-23(29-24)28-19-7-4-6-18(13-19)27-17(2)31/h4,6-7,9-10,12-13,15,20H,5,8,11,14H2,1-3H3,(H,27,31)(H,25,26,28,29)/t20-/m0/s1. The van der Waals surface area contributed by atoms with Gasteiger partial charge in [0.15, 0.2) is 11.5 Å². The van der Waals surface area contributed by atoms with Crippen LogP contribution in [-0.2, 0) is 4.79 Å². The number of hydrogen-bond donors (Lipinski definition) is 2. The number of carbonyl (C=O) groups is 1. The number of piperidine rings is 1. The van der Waals surface area contributed by atoms with Crippen molar-refractivity contribution in [1.82, 2.24) is 15.0 Å². The largest absolute Gasteiger partial charge is 0.493 e. The maximum absolute atomic E-state index is 11.3. The van der Waals surface area contributed by atoms with Crippen molar-refractivity contribution >= 4 is 29.2 Å². The molecule has 1 aliphatic heterocycles. The number of methoxy groups -OCH3 is 1. The second kappa shape index (κ2) is 10.2. The Morgan fingerprint density at radius 3 is 2.79 bits per heavy atom. The minimum Gasteiger partial charge on any atom is -0.493 e. The van der Waals surface area contributed by atoms with Crippen molar-refractivity contribution in [2.75, 3.05) is 35.7 Å². The molecular weight excluding hydrogens is 420 g/mol. The molecule has 0 spiro atoms. The minimum atomic E-state index is -0.125. The molecule has 3 aromatic rings. The van der Waals surface area contributed by atoms with Crippen LogP contribution in [0, 0.1) is 6.92 Å². The zero-order chi connectivity index (χ0) is 23.2. The molecule has 172 valence electrons. The maximum atomic E-state index is 11.3. The number of hydrogen-bond acceptors (Lipinski definition) is 8. The van der Waals surface area contributed by atoms with E-state index in [0.717, 1.165) is 42.1 Å². The lowest BCUT2D eigenvalue weighted by Gasteiger charge is -2.33. The van der Waals surface area contributed by atoms with E-state index >= 15 is 0 Å². The Morgan fingerprint density at radius 1 is 1.12 bits per heavy atom. The van der Waals surface area contributed by atoms with Crippen molar-refractivity contribution in [2.45, 2.75) is 32.8 Å². The number of ether oxygens (including phenoxy) is 2. The van der Waals surface area contributed by atoms with Crippen LogP contribution in [0.2, 0.25) is 0 Å². The van der Waals surface area contributed by atoms with Crippen LogP contribution in [0.15, 0.2) is 48.8 Å². The van der Waals surface area contributed by atoms with Gasteiger partial charge in [0.25, 0.3) is 0 Å². The molecule has 9 heteroatoms. The summed E-state index contributed by atoms with van der Waals surface area (Å²) in [4.78, 5) is 26.6. The SMILES string of the molecule is COc1cc(C)ccc1O[C@H]1CCCN(c2ncnc(Nc3cccc(NC(C)=O)c3)n2)C1. The summed E-state index contributed by atoms with van der Waals surface area (Å²) in [7, 11) is 1.65. The van der Waals surface area contributed by atoms with Crippen molar-refractivity contribution in [2.24, 2.45) is 0 Å². The van der Waals surface area contributed by atoms with Crippen LogP contribution in [0.5, 0.6) is 11.5 Å². The smallest absolute Gasteiger partial charge is 0.231 e. The molecule has 4 rings (SSSR count). The summed E-state index contributed by atoms with van der Waals surface area (Å²) in [6.07, 6.45) is 3.40. The first-order chi connectivity index (χ1) is 16.0. The second-order valence-corrected chi connectivity index (χ2v) is 7.98. The molecule has 2 heterocycles. The molecule has 9 nitrogen and oxygen atoms in total. The molecule has 2 N–H and O–H groups in total. The fourth-order valence-electron chi connectivity index (χ4n) is 3.78. The van der Waals surface area contributed by atoms with E-state index in [1.54, 1.807) is 7.11 Å². The van der Waals surface area contributed by atoms with E-state index in [1.165, 1.54) is 13.3 Å². The van der Waals surface area contributed by atoms with Crippen LogP contribution in [0.25, 0.3) is 0 Å². The van der Waals surface area contributed by atoms with Crippen LogP contribution < -0.4 is 25.0 Å². The molecule has 1 aromatic heterocycles. The number of aryl methyl sites for hydroxylation is 1. The number of carbonyl (C=O) groups excluding carboxylic acids is 1. The Kier molecular flexibility index (Phi) is 6.87. The second-order valence-electron chi connectivity index (χ2n) is 7.98. The first kappa shape index (κ1) is 22.3. The Morgan fingerprint density at radius 2 is 1.97 bits per heavy atom. The topological polar surface area (TPSA) is 102 Å². The van der Waals surface area contributed by atoms with Gasteiger partial charge >= 0.3 is 0 Å². The average Bonchev–Trinajstić information content (AvgIpc) is 2.80. The normalized spacial score (nSPS) is 15.6. The summed E-state index contributed by atoms with van der Waals surface area (Å²) in [5.41, 5.74) is 2.59. The number of nitrogens with zero attached hydrogens (tertiary/aromatic N) is 4. The quantitative estimate of drug-likeness (QED) is 0.561. The number of aromatic nitrogens is 3. The molecular formula is C24H28N6O3. The van der Waals surface area contributed by atoms with Gasteiger partial charge in [0, 0.05) is 24.8 Å². The van der Waals surface area contributed by atoms with Gasteiger partial charge in [0.1, 0.15) is 12.4 Å². The monoisotopic (exact) mass is 448 g/mol. The third kappa shape index (κ3) is 5.88. The van der Waals surface area contributed by atoms with Crippen molar-refractivity contribution in [1.29, 1.82) is 0 Å². The highest BCUT2D eigenvalue weighted by atomic mass is 16.5. The number of benzene rings is 2. The van der Waals surface area contributed by atoms with Gasteiger partial charge in [-0.3, -0.25) is 4.79 Å². The molecule has 1 fully saturated rings. The summed E-state index contributed by atoms with van der Waals surface area (Å²) in [5, 5.41) is 5.95. The van der Waals surface area contributed by atoms with Gasteiger partial charge in [-0.15, -0.1) is 0 Å². The number of anilines is 4. The molecule has 0 aliphatic carbocycles. The van der Waals surface area contributed by atoms with Gasteiger partial charge in [-0.1, -0.05) is 12.1 Å². The lowest BCUT2D eigenvalue weighted by atomic mass is 10.1. The average molecular weight is 449 g/mol. The van der Waals surface area contributed by atoms with Gasteiger partial charge in [0.05, 0.1) is 13.7 Å². The highest BCUT2D eigenvalue weighted by Crippen LogP contribution is 2.30. The van der Waals surface area contributed by atoms with Crippen LogP contribution in [-0.4, -0.2) is 47.2 Å². The van der Waals surface area contributed by atoms with Gasteiger partial charge < -0.3 is 25.0 Å². The van der Waals surface area contributed by atoms with Gasteiger partial charge in [-0.25, -0.2) is 9.97 Å². The number of amides is 1. The molecule has 1 amide bonds. The Labute approximate surface area is 193 Å². The molecule has 0 saturated carbocycles. The zero-order valence-electron chi connectivity index (χ0n) is 19.0. The Hall–Kier alpha value is -3.88. The molecule has 1 saturated heterocycles. The minimum absolute atomic E-state index is 0.00197. The third-order valence-corrected chi connectivity index (χ3v) is 5.27.